The van der Waals surface area contributed by atoms with Gasteiger partial charge in [0, 0.05) is 36.3 Å². The van der Waals surface area contributed by atoms with Crippen LogP contribution in [-0.2, 0) is 11.3 Å². The van der Waals surface area contributed by atoms with Gasteiger partial charge in [0.05, 0.1) is 0 Å². The second-order valence-corrected chi connectivity index (χ2v) is 5.99. The molecule has 6 nitrogen and oxygen atoms in total. The number of nitrogens with one attached hydrogen (secondary N) is 1. The van der Waals surface area contributed by atoms with Crippen LogP contribution >= 0.6 is 11.6 Å². The first kappa shape index (κ1) is 15.6. The molecule has 0 bridgehead atoms. The quantitative estimate of drug-likeness (QED) is 0.917. The molecule has 0 unspecified atom stereocenters. The molecule has 120 valence electrons. The Morgan fingerprint density at radius 2 is 2.04 bits per heavy atom. The summed E-state index contributed by atoms with van der Waals surface area (Å²) in [6.45, 7) is 1.14. The molecule has 0 aliphatic carbocycles. The Balaban J connectivity index is 1.69. The van der Waals surface area contributed by atoms with E-state index in [4.69, 9.17) is 11.6 Å². The van der Waals surface area contributed by atoms with Crippen molar-refractivity contribution in [2.75, 3.05) is 13.1 Å². The van der Waals surface area contributed by atoms with Crippen molar-refractivity contribution in [1.82, 2.24) is 14.5 Å². The van der Waals surface area contributed by atoms with Gasteiger partial charge in [-0.1, -0.05) is 29.8 Å². The lowest BCUT2D eigenvalue weighted by molar-refractivity contribution is -0.130. The Bertz CT molecular complexity index is 843. The van der Waals surface area contributed by atoms with Crippen LogP contribution in [0, 0.1) is 0 Å². The highest BCUT2D eigenvalue weighted by Gasteiger charge is 2.28. The summed E-state index contributed by atoms with van der Waals surface area (Å²) in [4.78, 5) is 38.9. The minimum Gasteiger partial charge on any atom is -0.341 e. The van der Waals surface area contributed by atoms with E-state index >= 15 is 0 Å². The van der Waals surface area contributed by atoms with Crippen molar-refractivity contribution in [3.05, 3.63) is 68.0 Å². The first-order valence-corrected chi connectivity index (χ1v) is 7.74. The summed E-state index contributed by atoms with van der Waals surface area (Å²) in [5, 5.41) is 0.712. The number of H-pyrrole nitrogens is 1. The van der Waals surface area contributed by atoms with Gasteiger partial charge in [-0.15, -0.1) is 0 Å². The summed E-state index contributed by atoms with van der Waals surface area (Å²) in [6, 6.07) is 8.87. The maximum Gasteiger partial charge on any atom is 0.328 e. The number of nitrogens with zero attached hydrogens (tertiary/aromatic N) is 2. The van der Waals surface area contributed by atoms with E-state index in [-0.39, 0.29) is 18.4 Å². The van der Waals surface area contributed by atoms with Crippen LogP contribution in [0.15, 0.2) is 46.1 Å². The average Bonchev–Trinajstić information content (AvgIpc) is 3.00. The minimum absolute atomic E-state index is 0.0785. The minimum atomic E-state index is -0.576. The van der Waals surface area contributed by atoms with Gasteiger partial charge in [0.25, 0.3) is 5.56 Å². The van der Waals surface area contributed by atoms with E-state index < -0.39 is 11.2 Å². The fraction of sp³-hybridized carbons (Fsp3) is 0.312. The molecule has 1 aliphatic rings. The van der Waals surface area contributed by atoms with Crippen molar-refractivity contribution >= 4 is 17.5 Å². The van der Waals surface area contributed by atoms with E-state index in [1.54, 1.807) is 4.90 Å². The predicted octanol–water partition coefficient (Wildman–Crippen LogP) is 1.21. The van der Waals surface area contributed by atoms with Gasteiger partial charge in [-0.3, -0.25) is 19.1 Å². The molecule has 1 saturated heterocycles. The number of carbonyl (C=O) groups is 1. The van der Waals surface area contributed by atoms with Gasteiger partial charge in [0.2, 0.25) is 5.91 Å². The molecule has 23 heavy (non-hydrogen) atoms. The topological polar surface area (TPSA) is 75.2 Å². The maximum absolute atomic E-state index is 12.4. The third-order valence-electron chi connectivity index (χ3n) is 4.09. The van der Waals surface area contributed by atoms with Gasteiger partial charge in [0.1, 0.15) is 6.54 Å². The van der Waals surface area contributed by atoms with Crippen molar-refractivity contribution in [2.24, 2.45) is 0 Å². The molecule has 0 spiro atoms. The van der Waals surface area contributed by atoms with Crippen LogP contribution in [0.5, 0.6) is 0 Å². The summed E-state index contributed by atoms with van der Waals surface area (Å²) in [5.74, 6) is 0.0636. The smallest absolute Gasteiger partial charge is 0.328 e. The molecule has 1 aliphatic heterocycles. The Labute approximate surface area is 137 Å². The molecule has 2 aromatic rings. The number of carbonyl (C=O) groups excluding carboxylic acids is 1. The molecular weight excluding hydrogens is 318 g/mol. The summed E-state index contributed by atoms with van der Waals surface area (Å²) < 4.78 is 1.20. The Morgan fingerprint density at radius 3 is 2.78 bits per heavy atom. The fourth-order valence-corrected chi connectivity index (χ4v) is 3.15. The maximum atomic E-state index is 12.4. The van der Waals surface area contributed by atoms with Gasteiger partial charge in [-0.2, -0.15) is 0 Å². The van der Waals surface area contributed by atoms with Crippen LogP contribution in [0.25, 0.3) is 0 Å². The zero-order valence-corrected chi connectivity index (χ0v) is 13.1. The summed E-state index contributed by atoms with van der Waals surface area (Å²) >= 11 is 6.21. The van der Waals surface area contributed by atoms with Crippen molar-refractivity contribution < 1.29 is 4.79 Å². The van der Waals surface area contributed by atoms with Gasteiger partial charge in [0.15, 0.2) is 0 Å². The van der Waals surface area contributed by atoms with Crippen LogP contribution in [0.1, 0.15) is 17.9 Å². The van der Waals surface area contributed by atoms with E-state index in [0.717, 1.165) is 12.0 Å². The predicted molar refractivity (Wildman–Crippen MR) is 86.7 cm³/mol. The number of benzene rings is 1. The highest BCUT2D eigenvalue weighted by Crippen LogP contribution is 2.31. The standard InChI is InChI=1S/C16H16ClN3O3/c17-13-4-2-1-3-12(13)11-5-7-19(9-11)15(22)10-20-8-6-14(21)18-16(20)23/h1-4,6,8,11H,5,7,9-10H2,(H,18,21,23)/t11-/m1/s1. The molecule has 0 saturated carbocycles. The highest BCUT2D eigenvalue weighted by atomic mass is 35.5. The summed E-state index contributed by atoms with van der Waals surface area (Å²) in [5.41, 5.74) is -0.00275. The third-order valence-corrected chi connectivity index (χ3v) is 4.43. The monoisotopic (exact) mass is 333 g/mol. The van der Waals surface area contributed by atoms with Gasteiger partial charge in [-0.05, 0) is 18.1 Å². The number of aromatic nitrogens is 2. The zero-order valence-electron chi connectivity index (χ0n) is 12.4. The van der Waals surface area contributed by atoms with Crippen molar-refractivity contribution in [1.29, 1.82) is 0 Å². The average molecular weight is 334 g/mol. The van der Waals surface area contributed by atoms with Crippen molar-refractivity contribution in [2.45, 2.75) is 18.9 Å². The van der Waals surface area contributed by atoms with Gasteiger partial charge >= 0.3 is 5.69 Å². The number of aromatic amines is 1. The second kappa shape index (κ2) is 6.42. The molecule has 1 aromatic heterocycles. The van der Waals surface area contributed by atoms with Gasteiger partial charge in [-0.25, -0.2) is 4.79 Å². The lowest BCUT2D eigenvalue weighted by atomic mass is 9.98. The number of amides is 1. The van der Waals surface area contributed by atoms with Crippen LogP contribution in [-0.4, -0.2) is 33.4 Å². The highest BCUT2D eigenvalue weighted by molar-refractivity contribution is 6.31. The number of hydrogen-bond donors (Lipinski definition) is 1. The van der Waals surface area contributed by atoms with Gasteiger partial charge < -0.3 is 4.90 Å². The molecule has 2 heterocycles. The molecule has 7 heteroatoms. The Kier molecular flexibility index (Phi) is 4.34. The van der Waals surface area contributed by atoms with E-state index in [2.05, 4.69) is 4.98 Å². The molecular formula is C16H16ClN3O3. The summed E-state index contributed by atoms with van der Waals surface area (Å²) in [7, 11) is 0. The zero-order chi connectivity index (χ0) is 16.4. The first-order chi connectivity index (χ1) is 11.0. The molecule has 3 rings (SSSR count). The lowest BCUT2D eigenvalue weighted by Crippen LogP contribution is -2.37. The van der Waals surface area contributed by atoms with Crippen LogP contribution in [0.4, 0.5) is 0 Å². The molecule has 1 N–H and O–H groups in total. The lowest BCUT2D eigenvalue weighted by Gasteiger charge is -2.17. The Hall–Kier alpha value is -2.34. The molecule has 1 atom stereocenters. The van der Waals surface area contributed by atoms with Crippen LogP contribution < -0.4 is 11.2 Å². The van der Waals surface area contributed by atoms with Crippen molar-refractivity contribution in [3.63, 3.8) is 0 Å². The number of rotatable bonds is 3. The van der Waals surface area contributed by atoms with Crippen LogP contribution in [0.3, 0.4) is 0 Å². The largest absolute Gasteiger partial charge is 0.341 e. The van der Waals surface area contributed by atoms with Crippen LogP contribution in [0.2, 0.25) is 5.02 Å². The normalized spacial score (nSPS) is 17.4. The van der Waals surface area contributed by atoms with E-state index in [1.165, 1.54) is 16.8 Å². The van der Waals surface area contributed by atoms with E-state index in [9.17, 15) is 14.4 Å². The number of hydrogen-bond acceptors (Lipinski definition) is 3. The summed E-state index contributed by atoms with van der Waals surface area (Å²) in [6.07, 6.45) is 2.18. The molecule has 0 radical (unpaired) electrons. The second-order valence-electron chi connectivity index (χ2n) is 5.58. The Morgan fingerprint density at radius 1 is 1.26 bits per heavy atom. The first-order valence-electron chi connectivity index (χ1n) is 7.36. The molecule has 1 aromatic carbocycles. The molecule has 1 amide bonds. The van der Waals surface area contributed by atoms with Crippen molar-refractivity contribution in [3.8, 4) is 0 Å². The third kappa shape index (κ3) is 3.37. The number of likely N-dealkylation sites (tertiary alicyclic amines) is 1. The van der Waals surface area contributed by atoms with E-state index in [1.807, 2.05) is 24.3 Å². The van der Waals surface area contributed by atoms with E-state index in [0.29, 0.717) is 18.1 Å². The SMILES string of the molecule is O=C(Cn1ccc(=O)[nH]c1=O)N1CC[C@@H](c2ccccc2Cl)C1. The fourth-order valence-electron chi connectivity index (χ4n) is 2.86. The molecule has 1 fully saturated rings. The number of halogens is 1.